The summed E-state index contributed by atoms with van der Waals surface area (Å²) >= 11 is 1.82. The average Bonchev–Trinajstić information content (AvgIpc) is 4.14. The van der Waals surface area contributed by atoms with Crippen molar-refractivity contribution in [3.05, 3.63) is 194 Å². The molecule has 0 aliphatic carbocycles. The summed E-state index contributed by atoms with van der Waals surface area (Å²) in [6, 6.07) is 67.3. The Balaban J connectivity index is 1.09. The lowest BCUT2D eigenvalue weighted by Gasteiger charge is -2.16. The molecule has 0 unspecified atom stereocenters. The van der Waals surface area contributed by atoms with Gasteiger partial charge in [-0.1, -0.05) is 127 Å². The Morgan fingerprint density at radius 1 is 0.468 bits per heavy atom. The van der Waals surface area contributed by atoms with Gasteiger partial charge in [0.2, 0.25) is 0 Å². The van der Waals surface area contributed by atoms with E-state index in [9.17, 15) is 0 Å². The molecule has 5 heterocycles. The Morgan fingerprint density at radius 2 is 1.08 bits per heavy atom. The van der Waals surface area contributed by atoms with Gasteiger partial charge in [-0.25, -0.2) is 4.68 Å². The van der Waals surface area contributed by atoms with Crippen LogP contribution in [-0.4, -0.2) is 23.9 Å². The molecule has 0 saturated carbocycles. The molecule has 290 valence electrons. The Morgan fingerprint density at radius 3 is 1.85 bits per heavy atom. The number of rotatable bonds is 5. The zero-order valence-electron chi connectivity index (χ0n) is 33.2. The molecular formula is C55H33N5OS. The van der Waals surface area contributed by atoms with E-state index < -0.39 is 0 Å². The minimum Gasteiger partial charge on any atom is -0.456 e. The van der Waals surface area contributed by atoms with Crippen molar-refractivity contribution in [1.29, 1.82) is 0 Å². The lowest BCUT2D eigenvalue weighted by molar-refractivity contribution is 0.640. The lowest BCUT2D eigenvalue weighted by atomic mass is 10.0. The van der Waals surface area contributed by atoms with Crippen LogP contribution in [-0.2, 0) is 6.54 Å². The van der Waals surface area contributed by atoms with E-state index in [1.807, 2.05) is 17.4 Å². The number of nitrogens with zero attached hydrogens (tertiary/aromatic N) is 5. The largest absolute Gasteiger partial charge is 0.456 e. The zero-order chi connectivity index (χ0) is 40.5. The molecule has 0 N–H and O–H groups in total. The first-order chi connectivity index (χ1) is 30.7. The average molecular weight is 812 g/mol. The van der Waals surface area contributed by atoms with Crippen LogP contribution in [0.2, 0.25) is 0 Å². The summed E-state index contributed by atoms with van der Waals surface area (Å²) in [6.45, 7) is 0.395. The van der Waals surface area contributed by atoms with Crippen molar-refractivity contribution in [1.82, 2.24) is 23.9 Å². The summed E-state index contributed by atoms with van der Waals surface area (Å²) in [5.41, 5.74) is 9.20. The van der Waals surface area contributed by atoms with Crippen LogP contribution < -0.4 is 0 Å². The molecule has 7 heteroatoms. The summed E-state index contributed by atoms with van der Waals surface area (Å²) in [4.78, 5) is 5.59. The van der Waals surface area contributed by atoms with E-state index in [2.05, 4.69) is 196 Å². The molecule has 0 amide bonds. The van der Waals surface area contributed by atoms with Crippen LogP contribution in [0, 0.1) is 0 Å². The monoisotopic (exact) mass is 811 g/mol. The molecule has 0 spiro atoms. The van der Waals surface area contributed by atoms with E-state index in [1.165, 1.54) is 52.5 Å². The molecule has 5 aromatic heterocycles. The van der Waals surface area contributed by atoms with Crippen molar-refractivity contribution in [2.45, 2.75) is 6.54 Å². The Labute approximate surface area is 357 Å². The summed E-state index contributed by atoms with van der Waals surface area (Å²) in [7, 11) is 0. The first kappa shape index (κ1) is 33.8. The van der Waals surface area contributed by atoms with Crippen LogP contribution >= 0.6 is 11.3 Å². The summed E-state index contributed by atoms with van der Waals surface area (Å²) in [6.07, 6.45) is 0. The first-order valence-corrected chi connectivity index (χ1v) is 21.8. The van der Waals surface area contributed by atoms with Crippen LogP contribution in [0.15, 0.2) is 192 Å². The minimum absolute atomic E-state index is 0.395. The molecule has 6 nitrogen and oxygen atoms in total. The van der Waals surface area contributed by atoms with Crippen molar-refractivity contribution in [2.75, 3.05) is 0 Å². The Hall–Kier alpha value is -8.00. The molecule has 0 atom stereocenters. The number of para-hydroxylation sites is 4. The van der Waals surface area contributed by atoms with E-state index in [0.717, 1.165) is 66.6 Å². The normalized spacial score (nSPS) is 12.3. The molecule has 14 rings (SSSR count). The van der Waals surface area contributed by atoms with E-state index in [-0.39, 0.29) is 0 Å². The van der Waals surface area contributed by atoms with Gasteiger partial charge in [-0.3, -0.25) is 4.57 Å². The molecule has 0 aliphatic rings. The molecule has 14 aromatic rings. The smallest absolute Gasteiger partial charge is 0.254 e. The maximum Gasteiger partial charge on any atom is 0.254 e. The van der Waals surface area contributed by atoms with Gasteiger partial charge in [0.05, 0.1) is 34.3 Å². The number of hydrogen-bond donors (Lipinski definition) is 0. The third-order valence-corrected chi connectivity index (χ3v) is 13.9. The van der Waals surface area contributed by atoms with Crippen molar-refractivity contribution < 1.29 is 4.42 Å². The molecular weight excluding hydrogens is 779 g/mol. The quantitative estimate of drug-likeness (QED) is 0.174. The molecule has 0 fully saturated rings. The van der Waals surface area contributed by atoms with Gasteiger partial charge < -0.3 is 8.98 Å². The van der Waals surface area contributed by atoms with E-state index >= 15 is 0 Å². The predicted molar refractivity (Wildman–Crippen MR) is 257 cm³/mol. The third-order valence-electron chi connectivity index (χ3n) is 12.8. The van der Waals surface area contributed by atoms with Crippen LogP contribution in [0.4, 0.5) is 0 Å². The fourth-order valence-corrected chi connectivity index (χ4v) is 11.2. The number of benzene rings is 9. The first-order valence-electron chi connectivity index (χ1n) is 20.9. The highest BCUT2D eigenvalue weighted by Crippen LogP contribution is 2.43. The second-order valence-electron chi connectivity index (χ2n) is 16.1. The third kappa shape index (κ3) is 4.74. The van der Waals surface area contributed by atoms with E-state index in [0.29, 0.717) is 12.5 Å². The predicted octanol–water partition coefficient (Wildman–Crippen LogP) is 14.6. The van der Waals surface area contributed by atoms with E-state index in [1.54, 1.807) is 0 Å². The minimum atomic E-state index is 0.395. The molecule has 0 saturated heterocycles. The summed E-state index contributed by atoms with van der Waals surface area (Å²) in [5.74, 6) is 1.42. The maximum absolute atomic E-state index is 6.97. The van der Waals surface area contributed by atoms with Crippen molar-refractivity contribution in [3.63, 3.8) is 0 Å². The molecule has 9 aromatic carbocycles. The fourth-order valence-electron chi connectivity index (χ4n) is 10.1. The second kappa shape index (κ2) is 12.8. The van der Waals surface area contributed by atoms with Gasteiger partial charge in [-0.15, -0.1) is 16.4 Å². The van der Waals surface area contributed by atoms with Gasteiger partial charge in [0.15, 0.2) is 5.82 Å². The Bertz CT molecular complexity index is 4110. The van der Waals surface area contributed by atoms with Crippen LogP contribution in [0.25, 0.3) is 120 Å². The van der Waals surface area contributed by atoms with Gasteiger partial charge >= 0.3 is 0 Å². The summed E-state index contributed by atoms with van der Waals surface area (Å²) < 4.78 is 16.2. The van der Waals surface area contributed by atoms with E-state index in [4.69, 9.17) is 14.5 Å². The maximum atomic E-state index is 6.97. The topological polar surface area (TPSA) is 53.7 Å². The number of aromatic nitrogens is 5. The van der Waals surface area contributed by atoms with Gasteiger partial charge in [-0.2, -0.15) is 4.98 Å². The standard InChI is InChI=1S/C55H33N5OS/c1-2-15-34-31-48-42(30-33(34)14-1)37-18-5-8-22-44(37)59(48)47-29-28-39-38-19-6-11-25-49(38)61-53(39)43(47)32-58-54(41-21-13-27-51-52(41)40-20-7-12-26-50(40)62-51)56-55(57-58)60-45-23-9-3-16-35(45)36-17-4-10-24-46(36)60/h1-31H,32H2. The zero-order valence-corrected chi connectivity index (χ0v) is 34.0. The molecule has 0 bridgehead atoms. The van der Waals surface area contributed by atoms with Crippen LogP contribution in [0.3, 0.4) is 0 Å². The van der Waals surface area contributed by atoms with Crippen molar-refractivity contribution >= 4 is 108 Å². The fraction of sp³-hybridized carbons (Fsp3) is 0.0182. The lowest BCUT2D eigenvalue weighted by Crippen LogP contribution is -2.09. The molecule has 0 radical (unpaired) electrons. The van der Waals surface area contributed by atoms with Crippen LogP contribution in [0.5, 0.6) is 0 Å². The van der Waals surface area contributed by atoms with Gasteiger partial charge in [0.25, 0.3) is 5.95 Å². The Kier molecular flexibility index (Phi) is 6.95. The number of furan rings is 1. The van der Waals surface area contributed by atoms with Gasteiger partial charge in [0, 0.05) is 63.6 Å². The SMILES string of the molecule is c1ccc2cc3c(cc2c1)c1ccccc1n3-c1ccc2c(oc3ccccc32)c1Cn1nc(-n2c3ccccc3c3ccccc32)nc1-c1cccc2sc3ccccc3c12. The number of hydrogen-bond acceptors (Lipinski definition) is 4. The van der Waals surface area contributed by atoms with Gasteiger partial charge in [-0.05, 0) is 71.4 Å². The molecule has 62 heavy (non-hydrogen) atoms. The highest BCUT2D eigenvalue weighted by molar-refractivity contribution is 7.25. The number of fused-ring (bicyclic) bond motifs is 13. The number of thiophene rings is 1. The second-order valence-corrected chi connectivity index (χ2v) is 17.2. The van der Waals surface area contributed by atoms with Crippen molar-refractivity contribution in [2.24, 2.45) is 0 Å². The summed E-state index contributed by atoms with van der Waals surface area (Å²) in [5, 5.41) is 17.3. The van der Waals surface area contributed by atoms with Gasteiger partial charge in [0.1, 0.15) is 11.2 Å². The molecule has 0 aliphatic heterocycles. The van der Waals surface area contributed by atoms with Crippen LogP contribution in [0.1, 0.15) is 5.56 Å². The highest BCUT2D eigenvalue weighted by atomic mass is 32.1. The van der Waals surface area contributed by atoms with Crippen molar-refractivity contribution in [3.8, 4) is 23.0 Å². The highest BCUT2D eigenvalue weighted by Gasteiger charge is 2.25.